The topological polar surface area (TPSA) is 44.3 Å². The standard InChI is InChI=1S/C34H32Cl3N5/c1-23(24-6-12-27(35)13-7-24)38-34-30-4-2-3-5-31(30)39-32(40-34)22-41-18-20-42(21-19-41)33(25-8-14-28(36)15-9-25)26-10-16-29(37)17-11-26/h2-17,23,33H,18-22H2,1H3,(H,38,39,40). The van der Waals surface area contributed by atoms with Crippen LogP contribution in [0.25, 0.3) is 10.9 Å². The van der Waals surface area contributed by atoms with E-state index < -0.39 is 0 Å². The van der Waals surface area contributed by atoms with Gasteiger partial charge in [-0.3, -0.25) is 9.80 Å². The summed E-state index contributed by atoms with van der Waals surface area (Å²) in [7, 11) is 0. The van der Waals surface area contributed by atoms with Crippen LogP contribution in [0.15, 0.2) is 97.1 Å². The summed E-state index contributed by atoms with van der Waals surface area (Å²) in [4.78, 5) is 14.9. The van der Waals surface area contributed by atoms with E-state index in [1.54, 1.807) is 0 Å². The van der Waals surface area contributed by atoms with Gasteiger partial charge >= 0.3 is 0 Å². The van der Waals surface area contributed by atoms with E-state index in [0.717, 1.165) is 69.4 Å². The molecule has 1 fully saturated rings. The smallest absolute Gasteiger partial charge is 0.145 e. The van der Waals surface area contributed by atoms with Gasteiger partial charge in [0.05, 0.1) is 18.1 Å². The Hall–Kier alpha value is -3.19. The summed E-state index contributed by atoms with van der Waals surface area (Å²) >= 11 is 18.5. The van der Waals surface area contributed by atoms with Crippen molar-refractivity contribution in [3.8, 4) is 0 Å². The number of rotatable bonds is 8. The number of halogens is 3. The monoisotopic (exact) mass is 615 g/mol. The average molecular weight is 617 g/mol. The van der Waals surface area contributed by atoms with Crippen molar-refractivity contribution in [2.45, 2.75) is 25.6 Å². The van der Waals surface area contributed by atoms with Gasteiger partial charge in [0, 0.05) is 52.7 Å². The molecule has 2 heterocycles. The third-order valence-corrected chi connectivity index (χ3v) is 8.64. The van der Waals surface area contributed by atoms with Gasteiger partial charge in [0.2, 0.25) is 0 Å². The van der Waals surface area contributed by atoms with Gasteiger partial charge in [-0.1, -0.05) is 83.3 Å². The Balaban J connectivity index is 1.19. The van der Waals surface area contributed by atoms with Crippen molar-refractivity contribution in [2.75, 3.05) is 31.5 Å². The first-order chi connectivity index (χ1) is 20.4. The van der Waals surface area contributed by atoms with Crippen LogP contribution in [-0.2, 0) is 6.54 Å². The third kappa shape index (κ3) is 6.72. The maximum atomic E-state index is 6.22. The first-order valence-electron chi connectivity index (χ1n) is 14.2. The van der Waals surface area contributed by atoms with Crippen molar-refractivity contribution in [3.05, 3.63) is 135 Å². The van der Waals surface area contributed by atoms with Crippen LogP contribution in [0.5, 0.6) is 0 Å². The normalized spacial score (nSPS) is 15.3. The van der Waals surface area contributed by atoms with Crippen LogP contribution in [0.4, 0.5) is 5.82 Å². The molecule has 1 aliphatic heterocycles. The summed E-state index contributed by atoms with van der Waals surface area (Å²) < 4.78 is 0. The lowest BCUT2D eigenvalue weighted by Gasteiger charge is -2.39. The van der Waals surface area contributed by atoms with Gasteiger partial charge in [-0.2, -0.15) is 0 Å². The highest BCUT2D eigenvalue weighted by Crippen LogP contribution is 2.32. The molecular formula is C34H32Cl3N5. The van der Waals surface area contributed by atoms with Crippen LogP contribution in [0, 0.1) is 0 Å². The summed E-state index contributed by atoms with van der Waals surface area (Å²) in [6, 6.07) is 32.7. The minimum atomic E-state index is 0.0645. The number of benzene rings is 4. The fourth-order valence-electron chi connectivity index (χ4n) is 5.63. The zero-order chi connectivity index (χ0) is 29.1. The van der Waals surface area contributed by atoms with E-state index in [4.69, 9.17) is 44.8 Å². The van der Waals surface area contributed by atoms with E-state index in [1.165, 1.54) is 11.1 Å². The van der Waals surface area contributed by atoms with Crippen LogP contribution < -0.4 is 5.32 Å². The predicted molar refractivity (Wildman–Crippen MR) is 175 cm³/mol. The first kappa shape index (κ1) is 28.9. The molecule has 0 bridgehead atoms. The fraction of sp³-hybridized carbons (Fsp3) is 0.235. The van der Waals surface area contributed by atoms with E-state index in [2.05, 4.69) is 58.4 Å². The van der Waals surface area contributed by atoms with Crippen molar-refractivity contribution >= 4 is 51.5 Å². The number of hydrogen-bond acceptors (Lipinski definition) is 5. The molecule has 4 aromatic carbocycles. The maximum Gasteiger partial charge on any atom is 0.145 e. The lowest BCUT2D eigenvalue weighted by molar-refractivity contribution is 0.103. The molecule has 0 spiro atoms. The van der Waals surface area contributed by atoms with E-state index in [0.29, 0.717) is 6.54 Å². The minimum Gasteiger partial charge on any atom is -0.363 e. The average Bonchev–Trinajstić information content (AvgIpc) is 3.00. The molecule has 0 radical (unpaired) electrons. The second-order valence-electron chi connectivity index (χ2n) is 10.7. The molecule has 1 aromatic heterocycles. The van der Waals surface area contributed by atoms with Crippen LogP contribution in [-0.4, -0.2) is 45.9 Å². The number of piperazine rings is 1. The molecule has 214 valence electrons. The summed E-state index contributed by atoms with van der Waals surface area (Å²) in [6.45, 7) is 6.49. The second kappa shape index (κ2) is 13.0. The zero-order valence-corrected chi connectivity index (χ0v) is 25.6. The Labute approximate surface area is 262 Å². The maximum absolute atomic E-state index is 6.22. The van der Waals surface area contributed by atoms with Crippen molar-refractivity contribution in [2.24, 2.45) is 0 Å². The van der Waals surface area contributed by atoms with E-state index >= 15 is 0 Å². The number of hydrogen-bond donors (Lipinski definition) is 1. The SMILES string of the molecule is CC(Nc1nc(CN2CCN(C(c3ccc(Cl)cc3)c3ccc(Cl)cc3)CC2)nc2ccccc12)c1ccc(Cl)cc1. The van der Waals surface area contributed by atoms with Crippen molar-refractivity contribution in [1.82, 2.24) is 19.8 Å². The number of nitrogens with one attached hydrogen (secondary N) is 1. The Morgan fingerprint density at radius 1 is 0.667 bits per heavy atom. The second-order valence-corrected chi connectivity index (χ2v) is 12.1. The molecule has 1 N–H and O–H groups in total. The highest BCUT2D eigenvalue weighted by molar-refractivity contribution is 6.31. The van der Waals surface area contributed by atoms with Crippen molar-refractivity contribution in [1.29, 1.82) is 0 Å². The molecule has 1 atom stereocenters. The van der Waals surface area contributed by atoms with Gasteiger partial charge in [-0.25, -0.2) is 9.97 Å². The fourth-order valence-corrected chi connectivity index (χ4v) is 6.01. The number of aromatic nitrogens is 2. The Morgan fingerprint density at radius 3 is 1.76 bits per heavy atom. The highest BCUT2D eigenvalue weighted by Gasteiger charge is 2.27. The molecule has 1 saturated heterocycles. The predicted octanol–water partition coefficient (Wildman–Crippen LogP) is 8.67. The van der Waals surface area contributed by atoms with Gasteiger partial charge in [0.15, 0.2) is 0 Å². The lowest BCUT2D eigenvalue weighted by atomic mass is 9.96. The van der Waals surface area contributed by atoms with E-state index in [1.807, 2.05) is 60.7 Å². The van der Waals surface area contributed by atoms with E-state index in [9.17, 15) is 0 Å². The molecule has 8 heteroatoms. The minimum absolute atomic E-state index is 0.0645. The lowest BCUT2D eigenvalue weighted by Crippen LogP contribution is -2.47. The van der Waals surface area contributed by atoms with E-state index in [-0.39, 0.29) is 12.1 Å². The molecule has 6 rings (SSSR count). The van der Waals surface area contributed by atoms with Crippen LogP contribution >= 0.6 is 34.8 Å². The van der Waals surface area contributed by atoms with Gasteiger partial charge in [-0.05, 0) is 72.1 Å². The molecule has 1 unspecified atom stereocenters. The summed E-state index contributed by atoms with van der Waals surface area (Å²) in [5.41, 5.74) is 4.53. The van der Waals surface area contributed by atoms with Gasteiger partial charge in [0.1, 0.15) is 11.6 Å². The molecule has 5 aromatic rings. The summed E-state index contributed by atoms with van der Waals surface area (Å²) in [5, 5.41) is 6.85. The Bertz CT molecular complexity index is 1590. The number of fused-ring (bicyclic) bond motifs is 1. The van der Waals surface area contributed by atoms with Crippen LogP contribution in [0.1, 0.15) is 41.5 Å². The Kier molecular flexibility index (Phi) is 8.94. The molecule has 0 aliphatic carbocycles. The highest BCUT2D eigenvalue weighted by atomic mass is 35.5. The Morgan fingerprint density at radius 2 is 1.19 bits per heavy atom. The quantitative estimate of drug-likeness (QED) is 0.189. The number of anilines is 1. The molecule has 1 aliphatic rings. The van der Waals surface area contributed by atoms with Gasteiger partial charge < -0.3 is 5.32 Å². The van der Waals surface area contributed by atoms with Crippen LogP contribution in [0.3, 0.4) is 0 Å². The molecule has 0 amide bonds. The first-order valence-corrected chi connectivity index (χ1v) is 15.3. The molecule has 42 heavy (non-hydrogen) atoms. The number of para-hydroxylation sites is 1. The third-order valence-electron chi connectivity index (χ3n) is 7.88. The zero-order valence-electron chi connectivity index (χ0n) is 23.4. The largest absolute Gasteiger partial charge is 0.363 e. The summed E-state index contributed by atoms with van der Waals surface area (Å²) in [5.74, 6) is 1.67. The van der Waals surface area contributed by atoms with Gasteiger partial charge in [-0.15, -0.1) is 0 Å². The van der Waals surface area contributed by atoms with Crippen molar-refractivity contribution < 1.29 is 0 Å². The molecular weight excluding hydrogens is 585 g/mol. The molecule has 5 nitrogen and oxygen atoms in total. The number of nitrogens with zero attached hydrogens (tertiary/aromatic N) is 4. The van der Waals surface area contributed by atoms with Crippen molar-refractivity contribution in [3.63, 3.8) is 0 Å². The molecule has 0 saturated carbocycles. The summed E-state index contributed by atoms with van der Waals surface area (Å²) in [6.07, 6.45) is 0. The van der Waals surface area contributed by atoms with Gasteiger partial charge in [0.25, 0.3) is 0 Å². The van der Waals surface area contributed by atoms with Crippen LogP contribution in [0.2, 0.25) is 15.1 Å².